The zero-order valence-corrected chi connectivity index (χ0v) is 13.3. The van der Waals surface area contributed by atoms with Gasteiger partial charge in [-0.05, 0) is 23.4 Å². The zero-order chi connectivity index (χ0) is 18.1. The summed E-state index contributed by atoms with van der Waals surface area (Å²) >= 11 is 0.513. The molecule has 0 spiro atoms. The minimum absolute atomic E-state index is 0.0163. The smallest absolute Gasteiger partial charge is 0.293 e. The lowest BCUT2D eigenvalue weighted by atomic mass is 10.1. The molecular formula is C17H10F3NO3S. The van der Waals surface area contributed by atoms with Crippen LogP contribution in [-0.4, -0.2) is 21.2 Å². The number of amides is 2. The second kappa shape index (κ2) is 6.64. The Kier molecular flexibility index (Phi) is 4.54. The van der Waals surface area contributed by atoms with Crippen molar-refractivity contribution in [2.45, 2.75) is 6.54 Å². The summed E-state index contributed by atoms with van der Waals surface area (Å²) in [7, 11) is 0. The highest BCUT2D eigenvalue weighted by molar-refractivity contribution is 8.18. The molecule has 0 saturated carbocycles. The van der Waals surface area contributed by atoms with E-state index in [1.165, 1.54) is 0 Å². The molecule has 1 fully saturated rings. The van der Waals surface area contributed by atoms with Crippen molar-refractivity contribution in [2.24, 2.45) is 0 Å². The molecule has 8 heteroatoms. The van der Waals surface area contributed by atoms with E-state index in [0.717, 1.165) is 11.0 Å². The molecule has 128 valence electrons. The van der Waals surface area contributed by atoms with Crippen LogP contribution >= 0.6 is 11.8 Å². The van der Waals surface area contributed by atoms with E-state index in [0.29, 0.717) is 23.4 Å². The van der Waals surface area contributed by atoms with Crippen molar-refractivity contribution >= 4 is 29.0 Å². The highest BCUT2D eigenvalue weighted by Gasteiger charge is 2.35. The molecule has 0 aliphatic carbocycles. The van der Waals surface area contributed by atoms with Gasteiger partial charge < -0.3 is 5.11 Å². The zero-order valence-electron chi connectivity index (χ0n) is 12.5. The maximum Gasteiger partial charge on any atom is 0.293 e. The average Bonchev–Trinajstić information content (AvgIpc) is 2.85. The van der Waals surface area contributed by atoms with E-state index in [1.54, 1.807) is 30.3 Å². The van der Waals surface area contributed by atoms with E-state index in [4.69, 9.17) is 0 Å². The molecule has 1 saturated heterocycles. The molecule has 1 heterocycles. The summed E-state index contributed by atoms with van der Waals surface area (Å²) < 4.78 is 40.7. The first kappa shape index (κ1) is 17.1. The Morgan fingerprint density at radius 3 is 2.44 bits per heavy atom. The summed E-state index contributed by atoms with van der Waals surface area (Å²) in [6, 6.07) is 9.03. The summed E-state index contributed by atoms with van der Waals surface area (Å²) in [5, 5.41) is 8.64. The normalized spacial score (nSPS) is 16.1. The van der Waals surface area contributed by atoms with Crippen LogP contribution in [0.3, 0.4) is 0 Å². The van der Waals surface area contributed by atoms with Gasteiger partial charge in [0.1, 0.15) is 5.82 Å². The Bertz CT molecular complexity index is 900. The van der Waals surface area contributed by atoms with Crippen LogP contribution < -0.4 is 0 Å². The van der Waals surface area contributed by atoms with Gasteiger partial charge in [0, 0.05) is 6.07 Å². The standard InChI is InChI=1S/C17H10F3NO3S/c18-11-7-12(19)15(22)14(20)10(11)6-13-16(23)21(17(24)25-13)8-9-4-2-1-3-5-9/h1-7,22H,8H2/b13-6-. The third-order valence-corrected chi connectivity index (χ3v) is 4.42. The van der Waals surface area contributed by atoms with Gasteiger partial charge in [-0.25, -0.2) is 13.2 Å². The molecule has 1 N–H and O–H groups in total. The fourth-order valence-electron chi connectivity index (χ4n) is 2.26. The van der Waals surface area contributed by atoms with E-state index < -0.39 is 39.9 Å². The Morgan fingerprint density at radius 1 is 1.08 bits per heavy atom. The Morgan fingerprint density at radius 2 is 1.76 bits per heavy atom. The van der Waals surface area contributed by atoms with Crippen LogP contribution in [0.2, 0.25) is 0 Å². The highest BCUT2D eigenvalue weighted by Crippen LogP contribution is 2.35. The van der Waals surface area contributed by atoms with Crippen molar-refractivity contribution in [3.05, 3.63) is 69.9 Å². The van der Waals surface area contributed by atoms with Crippen LogP contribution in [-0.2, 0) is 11.3 Å². The molecule has 1 aliphatic heterocycles. The third-order valence-electron chi connectivity index (χ3n) is 3.51. The summed E-state index contributed by atoms with van der Waals surface area (Å²) in [5.74, 6) is -6.35. The molecule has 0 bridgehead atoms. The highest BCUT2D eigenvalue weighted by atomic mass is 32.2. The van der Waals surface area contributed by atoms with Crippen LogP contribution in [0.1, 0.15) is 11.1 Å². The van der Waals surface area contributed by atoms with Gasteiger partial charge in [0.2, 0.25) is 0 Å². The quantitative estimate of drug-likeness (QED) is 0.834. The van der Waals surface area contributed by atoms with Crippen molar-refractivity contribution < 1.29 is 27.9 Å². The number of hydrogen-bond donors (Lipinski definition) is 1. The minimum Gasteiger partial charge on any atom is -0.503 e. The number of nitrogens with zero attached hydrogens (tertiary/aromatic N) is 1. The molecule has 0 radical (unpaired) electrons. The van der Waals surface area contributed by atoms with Gasteiger partial charge >= 0.3 is 0 Å². The molecule has 2 amide bonds. The molecule has 0 unspecified atom stereocenters. The van der Waals surface area contributed by atoms with Crippen molar-refractivity contribution in [1.29, 1.82) is 0 Å². The van der Waals surface area contributed by atoms with E-state index in [-0.39, 0.29) is 11.4 Å². The number of phenolic OH excluding ortho intramolecular Hbond substituents is 1. The fourth-order valence-corrected chi connectivity index (χ4v) is 3.08. The van der Waals surface area contributed by atoms with Gasteiger partial charge in [-0.2, -0.15) is 0 Å². The molecule has 25 heavy (non-hydrogen) atoms. The van der Waals surface area contributed by atoms with Crippen molar-refractivity contribution in [2.75, 3.05) is 0 Å². The number of benzene rings is 2. The van der Waals surface area contributed by atoms with Gasteiger partial charge in [-0.3, -0.25) is 14.5 Å². The van der Waals surface area contributed by atoms with E-state index in [2.05, 4.69) is 0 Å². The Labute approximate surface area is 144 Å². The Balaban J connectivity index is 1.92. The number of halogens is 3. The third kappa shape index (κ3) is 3.25. The van der Waals surface area contributed by atoms with Crippen LogP contribution in [0, 0.1) is 17.5 Å². The first-order chi connectivity index (χ1) is 11.9. The first-order valence-electron chi connectivity index (χ1n) is 7.04. The molecule has 0 aromatic heterocycles. The van der Waals surface area contributed by atoms with Crippen molar-refractivity contribution in [3.8, 4) is 5.75 Å². The van der Waals surface area contributed by atoms with Crippen LogP contribution in [0.4, 0.5) is 18.0 Å². The number of phenols is 1. The number of carbonyl (C=O) groups is 2. The van der Waals surface area contributed by atoms with Crippen LogP contribution in [0.25, 0.3) is 6.08 Å². The number of rotatable bonds is 3. The van der Waals surface area contributed by atoms with Gasteiger partial charge in [-0.15, -0.1) is 0 Å². The second-order valence-corrected chi connectivity index (χ2v) is 6.16. The lowest BCUT2D eigenvalue weighted by Gasteiger charge is -2.12. The molecule has 3 rings (SSSR count). The molecule has 4 nitrogen and oxygen atoms in total. The van der Waals surface area contributed by atoms with E-state index >= 15 is 0 Å². The summed E-state index contributed by atoms with van der Waals surface area (Å²) in [6.07, 6.45) is 0.791. The molecule has 2 aromatic carbocycles. The molecular weight excluding hydrogens is 355 g/mol. The predicted octanol–water partition coefficient (Wildman–Crippen LogP) is 4.05. The maximum atomic E-state index is 13.9. The number of carbonyl (C=O) groups excluding carboxylic acids is 2. The van der Waals surface area contributed by atoms with Crippen molar-refractivity contribution in [1.82, 2.24) is 4.90 Å². The largest absolute Gasteiger partial charge is 0.503 e. The monoisotopic (exact) mass is 365 g/mol. The van der Waals surface area contributed by atoms with E-state index in [1.807, 2.05) is 0 Å². The lowest BCUT2D eigenvalue weighted by molar-refractivity contribution is -0.123. The average molecular weight is 365 g/mol. The second-order valence-electron chi connectivity index (χ2n) is 5.17. The number of aromatic hydroxyl groups is 1. The predicted molar refractivity (Wildman–Crippen MR) is 85.9 cm³/mol. The molecule has 1 aliphatic rings. The van der Waals surface area contributed by atoms with Gasteiger partial charge in [0.15, 0.2) is 17.4 Å². The topological polar surface area (TPSA) is 57.6 Å². The van der Waals surface area contributed by atoms with E-state index in [9.17, 15) is 27.9 Å². The van der Waals surface area contributed by atoms with Gasteiger partial charge in [0.25, 0.3) is 11.1 Å². The summed E-state index contributed by atoms with van der Waals surface area (Å²) in [5.41, 5.74) is -0.0769. The summed E-state index contributed by atoms with van der Waals surface area (Å²) in [6.45, 7) is 0.0163. The molecule has 2 aromatic rings. The number of hydrogen-bond acceptors (Lipinski definition) is 4. The van der Waals surface area contributed by atoms with Gasteiger partial charge in [-0.1, -0.05) is 30.3 Å². The Hall–Kier alpha value is -2.74. The maximum absolute atomic E-state index is 13.9. The first-order valence-corrected chi connectivity index (χ1v) is 7.86. The molecule has 0 atom stereocenters. The van der Waals surface area contributed by atoms with Gasteiger partial charge in [0.05, 0.1) is 17.0 Å². The SMILES string of the molecule is O=C1S/C(=C\c2c(F)cc(F)c(O)c2F)C(=O)N1Cc1ccccc1. The van der Waals surface area contributed by atoms with Crippen LogP contribution in [0.5, 0.6) is 5.75 Å². The number of imide groups is 1. The lowest BCUT2D eigenvalue weighted by Crippen LogP contribution is -2.27. The van der Waals surface area contributed by atoms with Crippen molar-refractivity contribution in [3.63, 3.8) is 0 Å². The number of thioether (sulfide) groups is 1. The fraction of sp³-hybridized carbons (Fsp3) is 0.0588. The van der Waals surface area contributed by atoms with Crippen LogP contribution in [0.15, 0.2) is 41.3 Å². The summed E-state index contributed by atoms with van der Waals surface area (Å²) in [4.78, 5) is 25.1. The minimum atomic E-state index is -1.53.